The Bertz CT molecular complexity index is 184. The topological polar surface area (TPSA) is 26.3 Å². The SMILES string of the molecule is CCO[C@H]1[C@H](CC)C(=O)C1(C)C. The number of carbonyl (C=O) groups excluding carboxylic acids is 1. The standard InChI is InChI=1S/C10H18O2/c1-5-7-8(11)10(3,4)9(7)12-6-2/h7,9H,5-6H2,1-4H3/t7-,9+/m1/s1. The van der Waals surface area contributed by atoms with Gasteiger partial charge >= 0.3 is 0 Å². The first-order chi connectivity index (χ1) is 5.55. The van der Waals surface area contributed by atoms with Gasteiger partial charge in [0.1, 0.15) is 5.78 Å². The van der Waals surface area contributed by atoms with Crippen LogP contribution in [0.25, 0.3) is 0 Å². The zero-order chi connectivity index (χ0) is 9.35. The third kappa shape index (κ3) is 1.18. The molecule has 0 N–H and O–H groups in total. The molecule has 1 saturated carbocycles. The van der Waals surface area contributed by atoms with Gasteiger partial charge < -0.3 is 4.74 Å². The first-order valence-electron chi connectivity index (χ1n) is 4.71. The molecule has 0 saturated heterocycles. The van der Waals surface area contributed by atoms with Crippen molar-refractivity contribution in [2.24, 2.45) is 11.3 Å². The van der Waals surface area contributed by atoms with Crippen LogP contribution in [0.5, 0.6) is 0 Å². The van der Waals surface area contributed by atoms with E-state index in [9.17, 15) is 4.79 Å². The van der Waals surface area contributed by atoms with E-state index in [2.05, 4.69) is 0 Å². The summed E-state index contributed by atoms with van der Waals surface area (Å²) in [6.07, 6.45) is 1.06. The zero-order valence-corrected chi connectivity index (χ0v) is 8.39. The molecule has 0 spiro atoms. The predicted octanol–water partition coefficient (Wildman–Crippen LogP) is 2.03. The van der Waals surface area contributed by atoms with Crippen LogP contribution in [0.1, 0.15) is 34.1 Å². The van der Waals surface area contributed by atoms with E-state index in [-0.39, 0.29) is 17.4 Å². The van der Waals surface area contributed by atoms with Crippen molar-refractivity contribution in [3.8, 4) is 0 Å². The Morgan fingerprint density at radius 2 is 2.00 bits per heavy atom. The molecule has 2 nitrogen and oxygen atoms in total. The normalized spacial score (nSPS) is 33.2. The summed E-state index contributed by atoms with van der Waals surface area (Å²) >= 11 is 0. The molecule has 12 heavy (non-hydrogen) atoms. The Hall–Kier alpha value is -0.370. The number of hydrogen-bond donors (Lipinski definition) is 0. The zero-order valence-electron chi connectivity index (χ0n) is 8.39. The summed E-state index contributed by atoms with van der Waals surface area (Å²) in [5.41, 5.74) is -0.239. The molecule has 1 fully saturated rings. The number of ketones is 1. The molecule has 0 aromatic carbocycles. The summed E-state index contributed by atoms with van der Waals surface area (Å²) in [5.74, 6) is 0.517. The second kappa shape index (κ2) is 3.17. The second-order valence-electron chi connectivity index (χ2n) is 3.98. The third-order valence-electron chi connectivity index (χ3n) is 2.83. The van der Waals surface area contributed by atoms with E-state index >= 15 is 0 Å². The molecular weight excluding hydrogens is 152 g/mol. The van der Waals surface area contributed by atoms with Crippen LogP contribution in [0.15, 0.2) is 0 Å². The summed E-state index contributed by atoms with van der Waals surface area (Å²) in [6, 6.07) is 0. The fourth-order valence-corrected chi connectivity index (χ4v) is 2.07. The lowest BCUT2D eigenvalue weighted by molar-refractivity contribution is -0.174. The molecule has 1 aliphatic rings. The molecule has 1 aliphatic carbocycles. The average molecular weight is 170 g/mol. The van der Waals surface area contributed by atoms with E-state index in [1.54, 1.807) is 0 Å². The predicted molar refractivity (Wildman–Crippen MR) is 48.0 cm³/mol. The number of carbonyl (C=O) groups is 1. The quantitative estimate of drug-likeness (QED) is 0.647. The van der Waals surface area contributed by atoms with Gasteiger partial charge in [0.25, 0.3) is 0 Å². The number of rotatable bonds is 3. The van der Waals surface area contributed by atoms with Crippen LogP contribution in [-0.4, -0.2) is 18.5 Å². The summed E-state index contributed by atoms with van der Waals surface area (Å²) in [6.45, 7) is 8.68. The summed E-state index contributed by atoms with van der Waals surface area (Å²) < 4.78 is 5.55. The molecule has 0 aliphatic heterocycles. The molecule has 70 valence electrons. The van der Waals surface area contributed by atoms with Crippen LogP contribution in [-0.2, 0) is 9.53 Å². The maximum absolute atomic E-state index is 11.5. The van der Waals surface area contributed by atoms with Crippen molar-refractivity contribution in [1.82, 2.24) is 0 Å². The van der Waals surface area contributed by atoms with Crippen molar-refractivity contribution in [3.05, 3.63) is 0 Å². The van der Waals surface area contributed by atoms with Gasteiger partial charge in [-0.1, -0.05) is 20.8 Å². The van der Waals surface area contributed by atoms with E-state index < -0.39 is 0 Å². The van der Waals surface area contributed by atoms with Gasteiger partial charge in [-0.2, -0.15) is 0 Å². The van der Waals surface area contributed by atoms with Crippen LogP contribution in [0.3, 0.4) is 0 Å². The van der Waals surface area contributed by atoms with Crippen molar-refractivity contribution < 1.29 is 9.53 Å². The lowest BCUT2D eigenvalue weighted by Crippen LogP contribution is -2.59. The molecule has 0 heterocycles. The number of Topliss-reactive ketones (excluding diaryl/α,β-unsaturated/α-hetero) is 1. The largest absolute Gasteiger partial charge is 0.377 e. The summed E-state index contributed by atoms with van der Waals surface area (Å²) in [4.78, 5) is 11.5. The molecule has 2 atom stereocenters. The van der Waals surface area contributed by atoms with Gasteiger partial charge in [-0.15, -0.1) is 0 Å². The van der Waals surface area contributed by atoms with E-state index in [0.717, 1.165) is 6.42 Å². The number of hydrogen-bond acceptors (Lipinski definition) is 2. The Morgan fingerprint density at radius 1 is 1.42 bits per heavy atom. The molecule has 0 bridgehead atoms. The van der Waals surface area contributed by atoms with Crippen LogP contribution < -0.4 is 0 Å². The Balaban J connectivity index is 2.64. The van der Waals surface area contributed by atoms with E-state index in [1.807, 2.05) is 27.7 Å². The fourth-order valence-electron chi connectivity index (χ4n) is 2.07. The lowest BCUT2D eigenvalue weighted by Gasteiger charge is -2.48. The van der Waals surface area contributed by atoms with Gasteiger partial charge in [0.05, 0.1) is 11.5 Å². The Kier molecular flexibility index (Phi) is 2.57. The van der Waals surface area contributed by atoms with Crippen LogP contribution in [0.2, 0.25) is 0 Å². The summed E-state index contributed by atoms with van der Waals surface area (Å²) in [7, 11) is 0. The van der Waals surface area contributed by atoms with Crippen molar-refractivity contribution >= 4 is 5.78 Å². The highest BCUT2D eigenvalue weighted by molar-refractivity contribution is 5.94. The molecule has 0 radical (unpaired) electrons. The van der Waals surface area contributed by atoms with Gasteiger partial charge in [0.2, 0.25) is 0 Å². The van der Waals surface area contributed by atoms with Gasteiger partial charge in [-0.05, 0) is 13.3 Å². The molecule has 1 rings (SSSR count). The Labute approximate surface area is 74.3 Å². The molecule has 0 unspecified atom stereocenters. The minimum absolute atomic E-state index is 0.153. The van der Waals surface area contributed by atoms with Gasteiger partial charge in [0.15, 0.2) is 0 Å². The molecule has 0 aromatic heterocycles. The van der Waals surface area contributed by atoms with E-state index in [4.69, 9.17) is 4.74 Å². The van der Waals surface area contributed by atoms with Gasteiger partial charge in [0, 0.05) is 12.5 Å². The number of ether oxygens (including phenoxy) is 1. The lowest BCUT2D eigenvalue weighted by atomic mass is 9.59. The highest BCUT2D eigenvalue weighted by Gasteiger charge is 2.55. The van der Waals surface area contributed by atoms with Crippen LogP contribution >= 0.6 is 0 Å². The van der Waals surface area contributed by atoms with Crippen LogP contribution in [0.4, 0.5) is 0 Å². The second-order valence-corrected chi connectivity index (χ2v) is 3.98. The first kappa shape index (κ1) is 9.72. The van der Waals surface area contributed by atoms with E-state index in [1.165, 1.54) is 0 Å². The van der Waals surface area contributed by atoms with Crippen LogP contribution in [0, 0.1) is 11.3 Å². The molecule has 0 aromatic rings. The minimum Gasteiger partial charge on any atom is -0.377 e. The maximum Gasteiger partial charge on any atom is 0.146 e. The fraction of sp³-hybridized carbons (Fsp3) is 0.900. The molecule has 2 heteroatoms. The minimum atomic E-state index is -0.239. The van der Waals surface area contributed by atoms with Crippen molar-refractivity contribution in [2.45, 2.75) is 40.2 Å². The summed E-state index contributed by atoms with van der Waals surface area (Å²) in [5, 5.41) is 0. The first-order valence-corrected chi connectivity index (χ1v) is 4.71. The highest BCUT2D eigenvalue weighted by atomic mass is 16.5. The highest BCUT2D eigenvalue weighted by Crippen LogP contribution is 2.44. The van der Waals surface area contributed by atoms with Crippen molar-refractivity contribution in [2.75, 3.05) is 6.61 Å². The van der Waals surface area contributed by atoms with E-state index in [0.29, 0.717) is 12.4 Å². The molecular formula is C10H18O2. The van der Waals surface area contributed by atoms with Gasteiger partial charge in [-0.25, -0.2) is 0 Å². The smallest absolute Gasteiger partial charge is 0.146 e. The average Bonchev–Trinajstić information content (AvgIpc) is 2.04. The maximum atomic E-state index is 11.5. The Morgan fingerprint density at radius 3 is 2.42 bits per heavy atom. The monoisotopic (exact) mass is 170 g/mol. The van der Waals surface area contributed by atoms with Gasteiger partial charge in [-0.3, -0.25) is 4.79 Å². The molecule has 0 amide bonds. The van der Waals surface area contributed by atoms with Crippen molar-refractivity contribution in [1.29, 1.82) is 0 Å². The van der Waals surface area contributed by atoms with Crippen molar-refractivity contribution in [3.63, 3.8) is 0 Å². The third-order valence-corrected chi connectivity index (χ3v) is 2.83.